The summed E-state index contributed by atoms with van der Waals surface area (Å²) in [5.74, 6) is 0.935. The van der Waals surface area contributed by atoms with Crippen LogP contribution in [-0.2, 0) is 0 Å². The summed E-state index contributed by atoms with van der Waals surface area (Å²) in [6.07, 6.45) is 2.87. The fourth-order valence-corrected chi connectivity index (χ4v) is 1.92. The van der Waals surface area contributed by atoms with E-state index in [-0.39, 0.29) is 0 Å². The molecule has 0 radical (unpaired) electrons. The Balaban J connectivity index is 2.09. The van der Waals surface area contributed by atoms with E-state index in [1.54, 1.807) is 6.20 Å². The molecule has 0 atom stereocenters. The fraction of sp³-hybridized carbons (Fsp3) is 0.600. The summed E-state index contributed by atoms with van der Waals surface area (Å²) >= 11 is 5.77. The zero-order valence-electron chi connectivity index (χ0n) is 8.86. The van der Waals surface area contributed by atoms with Gasteiger partial charge < -0.3 is 9.80 Å². The van der Waals surface area contributed by atoms with Crippen molar-refractivity contribution in [2.24, 2.45) is 0 Å². The van der Waals surface area contributed by atoms with Gasteiger partial charge in [-0.1, -0.05) is 0 Å². The molecule has 1 fully saturated rings. The Kier molecular flexibility index (Phi) is 3.38. The summed E-state index contributed by atoms with van der Waals surface area (Å²) in [7, 11) is 2.15. The fourth-order valence-electron chi connectivity index (χ4n) is 1.78. The molecule has 0 aliphatic carbocycles. The van der Waals surface area contributed by atoms with Crippen molar-refractivity contribution < 1.29 is 0 Å². The SMILES string of the molecule is CN1CCCN(c2ccnc(Cl)n2)CC1. The first-order valence-electron chi connectivity index (χ1n) is 5.18. The molecule has 0 unspecified atom stereocenters. The Morgan fingerprint density at radius 3 is 2.93 bits per heavy atom. The molecule has 1 aromatic rings. The van der Waals surface area contributed by atoms with Crippen LogP contribution in [0.1, 0.15) is 6.42 Å². The van der Waals surface area contributed by atoms with Crippen LogP contribution < -0.4 is 4.90 Å². The highest BCUT2D eigenvalue weighted by molar-refractivity contribution is 6.28. The van der Waals surface area contributed by atoms with E-state index in [1.807, 2.05) is 6.07 Å². The number of aromatic nitrogens is 2. The molecule has 1 saturated heterocycles. The van der Waals surface area contributed by atoms with Crippen LogP contribution in [0.2, 0.25) is 5.28 Å². The van der Waals surface area contributed by atoms with Gasteiger partial charge >= 0.3 is 0 Å². The third-order valence-corrected chi connectivity index (χ3v) is 2.84. The Hall–Kier alpha value is -0.870. The average molecular weight is 227 g/mol. The number of hydrogen-bond acceptors (Lipinski definition) is 4. The molecule has 5 heteroatoms. The predicted octanol–water partition coefficient (Wildman–Crippen LogP) is 1.27. The Labute approximate surface area is 94.9 Å². The largest absolute Gasteiger partial charge is 0.355 e. The van der Waals surface area contributed by atoms with Gasteiger partial charge in [0.15, 0.2) is 0 Å². The van der Waals surface area contributed by atoms with Crippen LogP contribution in [0.25, 0.3) is 0 Å². The Bertz CT molecular complexity index is 331. The van der Waals surface area contributed by atoms with Gasteiger partial charge in [0.05, 0.1) is 0 Å². The Morgan fingerprint density at radius 1 is 1.27 bits per heavy atom. The standard InChI is InChI=1S/C10H15ClN4/c1-14-5-2-6-15(8-7-14)9-3-4-12-10(11)13-9/h3-4H,2,5-8H2,1H3. The zero-order valence-corrected chi connectivity index (χ0v) is 9.61. The van der Waals surface area contributed by atoms with Crippen molar-refractivity contribution in [1.82, 2.24) is 14.9 Å². The lowest BCUT2D eigenvalue weighted by atomic mass is 10.4. The first-order valence-corrected chi connectivity index (χ1v) is 5.55. The second-order valence-electron chi connectivity index (χ2n) is 3.83. The van der Waals surface area contributed by atoms with E-state index in [9.17, 15) is 0 Å². The van der Waals surface area contributed by atoms with E-state index in [0.717, 1.165) is 38.4 Å². The van der Waals surface area contributed by atoms with E-state index in [4.69, 9.17) is 11.6 Å². The van der Waals surface area contributed by atoms with Crippen molar-refractivity contribution >= 4 is 17.4 Å². The van der Waals surface area contributed by atoms with Gasteiger partial charge in [-0.2, -0.15) is 0 Å². The van der Waals surface area contributed by atoms with Crippen molar-refractivity contribution in [3.8, 4) is 0 Å². The van der Waals surface area contributed by atoms with Crippen LogP contribution in [0.5, 0.6) is 0 Å². The van der Waals surface area contributed by atoms with Gasteiger partial charge in [0.25, 0.3) is 0 Å². The van der Waals surface area contributed by atoms with Crippen molar-refractivity contribution in [3.63, 3.8) is 0 Å². The summed E-state index contributed by atoms with van der Waals surface area (Å²) in [6, 6.07) is 1.91. The lowest BCUT2D eigenvalue weighted by molar-refractivity contribution is 0.360. The molecule has 0 spiro atoms. The molecule has 0 aromatic carbocycles. The number of hydrogen-bond donors (Lipinski definition) is 0. The van der Waals surface area contributed by atoms with Gasteiger partial charge in [0, 0.05) is 25.8 Å². The van der Waals surface area contributed by atoms with Crippen LogP contribution in [0.4, 0.5) is 5.82 Å². The molecule has 0 amide bonds. The van der Waals surface area contributed by atoms with E-state index in [0.29, 0.717) is 5.28 Å². The molecule has 0 bridgehead atoms. The molecule has 4 nitrogen and oxygen atoms in total. The number of nitrogens with zero attached hydrogens (tertiary/aromatic N) is 4. The smallest absolute Gasteiger partial charge is 0.224 e. The van der Waals surface area contributed by atoms with Crippen molar-refractivity contribution in [2.45, 2.75) is 6.42 Å². The van der Waals surface area contributed by atoms with Gasteiger partial charge in [-0.25, -0.2) is 9.97 Å². The molecule has 1 aromatic heterocycles. The minimum Gasteiger partial charge on any atom is -0.355 e. The van der Waals surface area contributed by atoms with Crippen LogP contribution >= 0.6 is 11.6 Å². The van der Waals surface area contributed by atoms with Gasteiger partial charge in [-0.15, -0.1) is 0 Å². The summed E-state index contributed by atoms with van der Waals surface area (Å²) in [6.45, 7) is 4.26. The summed E-state index contributed by atoms with van der Waals surface area (Å²) in [4.78, 5) is 12.7. The second kappa shape index (κ2) is 4.77. The zero-order chi connectivity index (χ0) is 10.7. The van der Waals surface area contributed by atoms with Crippen LogP contribution in [-0.4, -0.2) is 48.1 Å². The number of likely N-dealkylation sites (N-methyl/N-ethyl adjacent to an activating group) is 1. The minimum atomic E-state index is 0.324. The van der Waals surface area contributed by atoms with E-state index in [1.165, 1.54) is 0 Å². The molecule has 0 N–H and O–H groups in total. The summed E-state index contributed by atoms with van der Waals surface area (Å²) in [5, 5.41) is 0.324. The third kappa shape index (κ3) is 2.79. The van der Waals surface area contributed by atoms with Crippen molar-refractivity contribution in [1.29, 1.82) is 0 Å². The molecule has 15 heavy (non-hydrogen) atoms. The average Bonchev–Trinajstić information content (AvgIpc) is 2.43. The molecular weight excluding hydrogens is 212 g/mol. The normalized spacial score (nSPS) is 18.9. The van der Waals surface area contributed by atoms with Gasteiger partial charge in [-0.05, 0) is 37.7 Å². The van der Waals surface area contributed by atoms with Crippen LogP contribution in [0, 0.1) is 0 Å². The van der Waals surface area contributed by atoms with Crippen molar-refractivity contribution in [3.05, 3.63) is 17.5 Å². The second-order valence-corrected chi connectivity index (χ2v) is 4.17. The highest BCUT2D eigenvalue weighted by Gasteiger charge is 2.13. The van der Waals surface area contributed by atoms with Crippen molar-refractivity contribution in [2.75, 3.05) is 38.1 Å². The summed E-state index contributed by atoms with van der Waals surface area (Å²) in [5.41, 5.74) is 0. The molecular formula is C10H15ClN4. The molecule has 1 aliphatic rings. The summed E-state index contributed by atoms with van der Waals surface area (Å²) < 4.78 is 0. The highest BCUT2D eigenvalue weighted by Crippen LogP contribution is 2.14. The maximum atomic E-state index is 5.77. The van der Waals surface area contributed by atoms with E-state index < -0.39 is 0 Å². The number of rotatable bonds is 1. The minimum absolute atomic E-state index is 0.324. The van der Waals surface area contributed by atoms with Gasteiger partial charge in [0.1, 0.15) is 5.82 Å². The van der Waals surface area contributed by atoms with Gasteiger partial charge in [-0.3, -0.25) is 0 Å². The Morgan fingerprint density at radius 2 is 2.13 bits per heavy atom. The predicted molar refractivity (Wildman–Crippen MR) is 61.4 cm³/mol. The van der Waals surface area contributed by atoms with Crippen LogP contribution in [0.15, 0.2) is 12.3 Å². The third-order valence-electron chi connectivity index (χ3n) is 2.65. The molecule has 2 rings (SSSR count). The number of halogens is 1. The first kappa shape index (κ1) is 10.6. The maximum absolute atomic E-state index is 5.77. The molecule has 82 valence electrons. The quantitative estimate of drug-likeness (QED) is 0.676. The van der Waals surface area contributed by atoms with Crippen LogP contribution in [0.3, 0.4) is 0 Å². The lowest BCUT2D eigenvalue weighted by Crippen LogP contribution is -2.29. The maximum Gasteiger partial charge on any atom is 0.224 e. The monoisotopic (exact) mass is 226 g/mol. The van der Waals surface area contributed by atoms with E-state index in [2.05, 4.69) is 26.8 Å². The molecule has 2 heterocycles. The highest BCUT2D eigenvalue weighted by atomic mass is 35.5. The first-order chi connectivity index (χ1) is 7.25. The lowest BCUT2D eigenvalue weighted by Gasteiger charge is -2.21. The topological polar surface area (TPSA) is 32.3 Å². The van der Waals surface area contributed by atoms with Gasteiger partial charge in [0.2, 0.25) is 5.28 Å². The molecule has 1 aliphatic heterocycles. The van der Waals surface area contributed by atoms with E-state index >= 15 is 0 Å². The molecule has 0 saturated carbocycles. The number of anilines is 1.